The number of hydrogen-bond acceptors (Lipinski definition) is 5. The predicted molar refractivity (Wildman–Crippen MR) is 76.6 cm³/mol. The minimum Gasteiger partial charge on any atom is -0.313 e. The molecule has 1 heterocycles. The molecule has 1 aliphatic heterocycles. The molecule has 1 saturated heterocycles. The second-order valence-corrected chi connectivity index (χ2v) is 6.17. The van der Waals surface area contributed by atoms with Crippen molar-refractivity contribution in [2.45, 2.75) is 23.8 Å². The van der Waals surface area contributed by atoms with Crippen molar-refractivity contribution in [1.82, 2.24) is 10.0 Å². The molecule has 112 valence electrons. The van der Waals surface area contributed by atoms with Gasteiger partial charge in [0.25, 0.3) is 5.69 Å². The number of non-ortho nitro benzene ring substituents is 1. The van der Waals surface area contributed by atoms with Gasteiger partial charge in [-0.1, -0.05) is 6.07 Å². The van der Waals surface area contributed by atoms with E-state index in [9.17, 15) is 18.5 Å². The molecule has 1 fully saturated rings. The van der Waals surface area contributed by atoms with E-state index in [0.29, 0.717) is 6.54 Å². The molecule has 2 rings (SSSR count). The number of halogens is 1. The maximum absolute atomic E-state index is 12.0. The third kappa shape index (κ3) is 4.14. The van der Waals surface area contributed by atoms with Crippen molar-refractivity contribution < 1.29 is 13.3 Å². The molecule has 0 saturated carbocycles. The van der Waals surface area contributed by atoms with Crippen LogP contribution in [0, 0.1) is 10.1 Å². The molecule has 0 spiro atoms. The number of nitrogens with one attached hydrogen (secondary N) is 2. The second kappa shape index (κ2) is 6.98. The number of nitro groups is 1. The van der Waals surface area contributed by atoms with E-state index in [2.05, 4.69) is 10.0 Å². The van der Waals surface area contributed by atoms with Crippen molar-refractivity contribution in [3.05, 3.63) is 34.4 Å². The number of rotatable bonds is 5. The number of sulfonamides is 1. The first-order chi connectivity index (χ1) is 8.99. The van der Waals surface area contributed by atoms with E-state index in [1.807, 2.05) is 0 Å². The number of benzene rings is 1. The average Bonchev–Trinajstić information content (AvgIpc) is 2.90. The van der Waals surface area contributed by atoms with E-state index in [4.69, 9.17) is 0 Å². The summed E-state index contributed by atoms with van der Waals surface area (Å²) < 4.78 is 26.5. The van der Waals surface area contributed by atoms with Gasteiger partial charge in [0.2, 0.25) is 10.0 Å². The Morgan fingerprint density at radius 3 is 2.80 bits per heavy atom. The molecule has 1 aliphatic rings. The van der Waals surface area contributed by atoms with Gasteiger partial charge in [-0.2, -0.15) is 0 Å². The summed E-state index contributed by atoms with van der Waals surface area (Å²) in [5.41, 5.74) is -0.234. The van der Waals surface area contributed by atoms with Crippen LogP contribution in [0.25, 0.3) is 0 Å². The lowest BCUT2D eigenvalue weighted by Crippen LogP contribution is -2.37. The van der Waals surface area contributed by atoms with Crippen molar-refractivity contribution in [2.24, 2.45) is 0 Å². The van der Waals surface area contributed by atoms with E-state index < -0.39 is 14.9 Å². The van der Waals surface area contributed by atoms with Crippen LogP contribution in [0.1, 0.15) is 12.8 Å². The summed E-state index contributed by atoms with van der Waals surface area (Å²) in [4.78, 5) is 9.93. The van der Waals surface area contributed by atoms with Gasteiger partial charge in [0.15, 0.2) is 0 Å². The van der Waals surface area contributed by atoms with Crippen molar-refractivity contribution in [2.75, 3.05) is 13.1 Å². The Balaban J connectivity index is 0.00000200. The topological polar surface area (TPSA) is 101 Å². The van der Waals surface area contributed by atoms with Gasteiger partial charge < -0.3 is 5.32 Å². The van der Waals surface area contributed by atoms with Gasteiger partial charge in [0.05, 0.1) is 9.82 Å². The Morgan fingerprint density at radius 2 is 2.20 bits per heavy atom. The van der Waals surface area contributed by atoms with Gasteiger partial charge in [0.1, 0.15) is 0 Å². The van der Waals surface area contributed by atoms with Gasteiger partial charge >= 0.3 is 0 Å². The SMILES string of the molecule is Cl.O=[N+]([O-])c1cccc(S(=O)(=O)NCC2CCCN2)c1. The molecule has 1 aromatic carbocycles. The highest BCUT2D eigenvalue weighted by molar-refractivity contribution is 7.89. The fourth-order valence-electron chi connectivity index (χ4n) is 1.99. The fraction of sp³-hybridized carbons (Fsp3) is 0.455. The highest BCUT2D eigenvalue weighted by Crippen LogP contribution is 2.17. The minimum absolute atomic E-state index is 0. The lowest BCUT2D eigenvalue weighted by molar-refractivity contribution is -0.385. The Labute approximate surface area is 123 Å². The molecular formula is C11H16ClN3O4S. The molecule has 1 aromatic rings. The van der Waals surface area contributed by atoms with Crippen molar-refractivity contribution >= 4 is 28.1 Å². The summed E-state index contributed by atoms with van der Waals surface area (Å²) in [6.07, 6.45) is 1.96. The summed E-state index contributed by atoms with van der Waals surface area (Å²) in [6, 6.07) is 5.16. The van der Waals surface area contributed by atoms with Crippen molar-refractivity contribution in [3.63, 3.8) is 0 Å². The Bertz CT molecular complexity index is 573. The molecule has 2 N–H and O–H groups in total. The second-order valence-electron chi connectivity index (χ2n) is 4.40. The number of nitrogens with zero attached hydrogens (tertiary/aromatic N) is 1. The van der Waals surface area contributed by atoms with Crippen LogP contribution in [0.5, 0.6) is 0 Å². The van der Waals surface area contributed by atoms with Crippen molar-refractivity contribution in [1.29, 1.82) is 0 Å². The molecule has 0 amide bonds. The van der Waals surface area contributed by atoms with Crippen LogP contribution in [-0.4, -0.2) is 32.5 Å². The smallest absolute Gasteiger partial charge is 0.270 e. The zero-order valence-electron chi connectivity index (χ0n) is 10.6. The van der Waals surface area contributed by atoms with Gasteiger partial charge in [0, 0.05) is 24.7 Å². The molecule has 0 radical (unpaired) electrons. The standard InChI is InChI=1S/C11H15N3O4S.ClH/c15-14(16)10-4-1-5-11(7-10)19(17,18)13-8-9-3-2-6-12-9;/h1,4-5,7,9,12-13H,2-3,6,8H2;1H. The zero-order valence-corrected chi connectivity index (χ0v) is 12.2. The van der Waals surface area contributed by atoms with Crippen LogP contribution < -0.4 is 10.0 Å². The summed E-state index contributed by atoms with van der Waals surface area (Å²) in [5, 5.41) is 13.8. The van der Waals surface area contributed by atoms with Gasteiger partial charge in [-0.15, -0.1) is 12.4 Å². The predicted octanol–water partition coefficient (Wildman–Crippen LogP) is 1.05. The Hall–Kier alpha value is -1.22. The van der Waals surface area contributed by atoms with Crippen LogP contribution in [0.3, 0.4) is 0 Å². The molecule has 0 aliphatic carbocycles. The first kappa shape index (κ1) is 16.8. The molecule has 0 bridgehead atoms. The largest absolute Gasteiger partial charge is 0.313 e. The first-order valence-electron chi connectivity index (χ1n) is 5.96. The molecule has 9 heteroatoms. The maximum Gasteiger partial charge on any atom is 0.270 e. The van der Waals surface area contributed by atoms with E-state index in [1.165, 1.54) is 18.2 Å². The van der Waals surface area contributed by atoms with E-state index in [1.54, 1.807) is 0 Å². The zero-order chi connectivity index (χ0) is 13.9. The minimum atomic E-state index is -3.70. The lowest BCUT2D eigenvalue weighted by atomic mass is 10.2. The molecule has 1 atom stereocenters. The first-order valence-corrected chi connectivity index (χ1v) is 7.45. The van der Waals surface area contributed by atoms with Crippen LogP contribution >= 0.6 is 12.4 Å². The van der Waals surface area contributed by atoms with Crippen LogP contribution in [0.15, 0.2) is 29.2 Å². The molecule has 0 aromatic heterocycles. The third-order valence-corrected chi connectivity index (χ3v) is 4.44. The van der Waals surface area contributed by atoms with Crippen LogP contribution in [0.2, 0.25) is 0 Å². The van der Waals surface area contributed by atoms with Gasteiger partial charge in [-0.3, -0.25) is 10.1 Å². The monoisotopic (exact) mass is 321 g/mol. The summed E-state index contributed by atoms with van der Waals surface area (Å²) in [6.45, 7) is 1.19. The number of hydrogen-bond donors (Lipinski definition) is 2. The lowest BCUT2D eigenvalue weighted by Gasteiger charge is -2.11. The highest BCUT2D eigenvalue weighted by atomic mass is 35.5. The quantitative estimate of drug-likeness (QED) is 0.623. The summed E-state index contributed by atoms with van der Waals surface area (Å²) in [7, 11) is -3.70. The summed E-state index contributed by atoms with van der Waals surface area (Å²) >= 11 is 0. The third-order valence-electron chi connectivity index (χ3n) is 3.02. The molecular weight excluding hydrogens is 306 g/mol. The molecule has 20 heavy (non-hydrogen) atoms. The maximum atomic E-state index is 12.0. The van der Waals surface area contributed by atoms with Gasteiger partial charge in [-0.25, -0.2) is 13.1 Å². The molecule has 7 nitrogen and oxygen atoms in total. The summed E-state index contributed by atoms with van der Waals surface area (Å²) in [5.74, 6) is 0. The fourth-order valence-corrected chi connectivity index (χ4v) is 3.11. The normalized spacial score (nSPS) is 18.5. The van der Waals surface area contributed by atoms with Crippen molar-refractivity contribution in [3.8, 4) is 0 Å². The van der Waals surface area contributed by atoms with E-state index >= 15 is 0 Å². The Morgan fingerprint density at radius 1 is 1.45 bits per heavy atom. The van der Waals surface area contributed by atoms with E-state index in [-0.39, 0.29) is 29.0 Å². The molecule has 1 unspecified atom stereocenters. The van der Waals surface area contributed by atoms with Crippen LogP contribution in [0.4, 0.5) is 5.69 Å². The average molecular weight is 322 g/mol. The van der Waals surface area contributed by atoms with Crippen LogP contribution in [-0.2, 0) is 10.0 Å². The number of nitro benzene ring substituents is 1. The highest BCUT2D eigenvalue weighted by Gasteiger charge is 2.20. The Kier molecular flexibility index (Phi) is 5.88. The van der Waals surface area contributed by atoms with Gasteiger partial charge in [-0.05, 0) is 25.5 Å². The van der Waals surface area contributed by atoms with E-state index in [0.717, 1.165) is 25.5 Å².